The van der Waals surface area contributed by atoms with Gasteiger partial charge in [-0.1, -0.05) is 116 Å². The third-order valence-corrected chi connectivity index (χ3v) is 8.26. The van der Waals surface area contributed by atoms with Crippen LogP contribution in [0.25, 0.3) is 0 Å². The van der Waals surface area contributed by atoms with E-state index in [2.05, 4.69) is 54.0 Å². The Labute approximate surface area is 289 Å². The van der Waals surface area contributed by atoms with Crippen LogP contribution in [0.4, 0.5) is 4.79 Å². The summed E-state index contributed by atoms with van der Waals surface area (Å²) in [6.07, 6.45) is 20.9. The predicted octanol–water partition coefficient (Wildman–Crippen LogP) is 6.71. The lowest BCUT2D eigenvalue weighted by atomic mass is 9.90. The Bertz CT molecular complexity index is 1020. The number of amides is 3. The van der Waals surface area contributed by atoms with E-state index in [0.717, 1.165) is 38.5 Å². The van der Waals surface area contributed by atoms with Crippen molar-refractivity contribution in [3.05, 3.63) is 11.9 Å². The molecule has 0 aliphatic carbocycles. The van der Waals surface area contributed by atoms with Crippen LogP contribution in [0.2, 0.25) is 0 Å². The number of carboxylic acid groups (broad SMARTS) is 1. The van der Waals surface area contributed by atoms with E-state index >= 15 is 0 Å². The lowest BCUT2D eigenvalue weighted by Crippen LogP contribution is -2.41. The van der Waals surface area contributed by atoms with Crippen LogP contribution in [0, 0.1) is 5.41 Å². The first kappa shape index (κ1) is 42.8. The highest BCUT2D eigenvalue weighted by atomic mass is 16.5. The van der Waals surface area contributed by atoms with E-state index in [4.69, 9.17) is 4.74 Å². The molecule has 0 aromatic carbocycles. The van der Waals surface area contributed by atoms with Crippen molar-refractivity contribution >= 4 is 23.9 Å². The van der Waals surface area contributed by atoms with Crippen molar-refractivity contribution in [2.75, 3.05) is 19.7 Å². The molecular formula is C36H66N6O6. The van der Waals surface area contributed by atoms with Crippen molar-refractivity contribution in [2.24, 2.45) is 5.41 Å². The number of hydrogen-bond acceptors (Lipinski definition) is 7. The first-order valence-electron chi connectivity index (χ1n) is 18.6. The maximum atomic E-state index is 12.3. The molecule has 48 heavy (non-hydrogen) atoms. The summed E-state index contributed by atoms with van der Waals surface area (Å²) in [6.45, 7) is 10.3. The highest BCUT2D eigenvalue weighted by Crippen LogP contribution is 2.21. The van der Waals surface area contributed by atoms with Crippen molar-refractivity contribution in [1.82, 2.24) is 30.9 Å². The number of aromatic nitrogens is 3. The summed E-state index contributed by atoms with van der Waals surface area (Å²) >= 11 is 0. The Morgan fingerprint density at radius 2 is 1.44 bits per heavy atom. The standard InChI is InChI=1S/C36H66N6O6/c1-5-6-7-8-9-10-11-12-13-14-15-16-17-20-33(44)39-31(34(45)46)21-22-32(43)37-26-27-42-29-30(40-41-42)23-28-48-35(47)38-25-19-18-24-36(2,3)4/h29,31H,5-28H2,1-4H3,(H,37,43)(H,38,47)(H,39,44)(H,45,46). The van der Waals surface area contributed by atoms with Crippen LogP contribution in [0.1, 0.15) is 155 Å². The van der Waals surface area contributed by atoms with Crippen molar-refractivity contribution in [3.63, 3.8) is 0 Å². The van der Waals surface area contributed by atoms with E-state index < -0.39 is 18.1 Å². The van der Waals surface area contributed by atoms with Gasteiger partial charge >= 0.3 is 12.1 Å². The second kappa shape index (κ2) is 26.7. The Morgan fingerprint density at radius 3 is 2.04 bits per heavy atom. The lowest BCUT2D eigenvalue weighted by molar-refractivity contribution is -0.142. The number of carboxylic acids is 1. The number of unbranched alkanes of at least 4 members (excludes halogenated alkanes) is 13. The number of nitrogens with zero attached hydrogens (tertiary/aromatic N) is 3. The monoisotopic (exact) mass is 679 g/mol. The van der Waals surface area contributed by atoms with Crippen LogP contribution in [-0.2, 0) is 32.1 Å². The van der Waals surface area contributed by atoms with Crippen molar-refractivity contribution in [3.8, 4) is 0 Å². The average molecular weight is 679 g/mol. The van der Waals surface area contributed by atoms with Gasteiger partial charge in [-0.25, -0.2) is 9.59 Å². The fraction of sp³-hybridized carbons (Fsp3) is 0.833. The Hall–Kier alpha value is -3.18. The van der Waals surface area contributed by atoms with E-state index in [1.54, 1.807) is 10.9 Å². The zero-order valence-corrected chi connectivity index (χ0v) is 30.5. The van der Waals surface area contributed by atoms with Crippen LogP contribution >= 0.6 is 0 Å². The molecule has 0 bridgehead atoms. The molecule has 3 amide bonds. The number of rotatable bonds is 29. The average Bonchev–Trinajstić information content (AvgIpc) is 3.48. The van der Waals surface area contributed by atoms with Crippen molar-refractivity contribution in [1.29, 1.82) is 0 Å². The first-order chi connectivity index (χ1) is 23.0. The van der Waals surface area contributed by atoms with Gasteiger partial charge in [0.25, 0.3) is 0 Å². The van der Waals surface area contributed by atoms with Gasteiger partial charge in [-0.3, -0.25) is 14.3 Å². The molecule has 4 N–H and O–H groups in total. The quantitative estimate of drug-likeness (QED) is 0.0679. The normalized spacial score (nSPS) is 12.0. The molecule has 0 saturated carbocycles. The van der Waals surface area contributed by atoms with Gasteiger partial charge in [0.15, 0.2) is 0 Å². The van der Waals surface area contributed by atoms with Gasteiger partial charge in [0, 0.05) is 38.5 Å². The summed E-state index contributed by atoms with van der Waals surface area (Å²) in [7, 11) is 0. The molecule has 1 aromatic heterocycles. The lowest BCUT2D eigenvalue weighted by Gasteiger charge is -2.17. The van der Waals surface area contributed by atoms with Gasteiger partial charge in [-0.05, 0) is 31.1 Å². The van der Waals surface area contributed by atoms with Crippen LogP contribution in [0.5, 0.6) is 0 Å². The van der Waals surface area contributed by atoms with Gasteiger partial charge in [0.2, 0.25) is 11.8 Å². The number of alkyl carbamates (subject to hydrolysis) is 1. The fourth-order valence-corrected chi connectivity index (χ4v) is 5.33. The number of aliphatic carboxylic acids is 1. The fourth-order valence-electron chi connectivity index (χ4n) is 5.33. The SMILES string of the molecule is CCCCCCCCCCCCCCCC(=O)NC(CCC(=O)NCCn1cc(CCOC(=O)NCCCCC(C)(C)C)nn1)C(=O)O. The van der Waals surface area contributed by atoms with E-state index in [-0.39, 0.29) is 31.3 Å². The molecule has 0 aliphatic heterocycles. The minimum absolute atomic E-state index is 0.0173. The molecule has 0 fully saturated rings. The first-order valence-corrected chi connectivity index (χ1v) is 18.6. The van der Waals surface area contributed by atoms with Crippen LogP contribution in [-0.4, -0.2) is 69.7 Å². The molecule has 12 heteroatoms. The summed E-state index contributed by atoms with van der Waals surface area (Å²) in [5.74, 6) is -1.73. The summed E-state index contributed by atoms with van der Waals surface area (Å²) in [5, 5.41) is 25.7. The Morgan fingerprint density at radius 1 is 0.812 bits per heavy atom. The third kappa shape index (κ3) is 24.9. The number of ether oxygens (including phenoxy) is 1. The molecule has 1 aromatic rings. The molecular weight excluding hydrogens is 612 g/mol. The third-order valence-electron chi connectivity index (χ3n) is 8.26. The van der Waals surface area contributed by atoms with E-state index in [1.165, 1.54) is 64.2 Å². The van der Waals surface area contributed by atoms with Gasteiger partial charge in [0.05, 0.1) is 18.8 Å². The summed E-state index contributed by atoms with van der Waals surface area (Å²) in [5.41, 5.74) is 0.957. The molecule has 1 unspecified atom stereocenters. The number of carbonyl (C=O) groups is 4. The molecule has 0 radical (unpaired) electrons. The second-order valence-corrected chi connectivity index (χ2v) is 14.1. The zero-order chi connectivity index (χ0) is 35.5. The Balaban J connectivity index is 2.11. The van der Waals surface area contributed by atoms with Crippen molar-refractivity contribution < 1.29 is 29.0 Å². The highest BCUT2D eigenvalue weighted by molar-refractivity contribution is 5.84. The molecule has 0 aliphatic rings. The minimum Gasteiger partial charge on any atom is -0.480 e. The number of hydrogen-bond donors (Lipinski definition) is 4. The van der Waals surface area contributed by atoms with Gasteiger partial charge in [-0.2, -0.15) is 0 Å². The van der Waals surface area contributed by atoms with Gasteiger partial charge in [0.1, 0.15) is 6.04 Å². The van der Waals surface area contributed by atoms with Gasteiger partial charge < -0.3 is 25.8 Å². The summed E-state index contributed by atoms with van der Waals surface area (Å²) < 4.78 is 6.79. The molecule has 1 heterocycles. The second-order valence-electron chi connectivity index (χ2n) is 14.1. The van der Waals surface area contributed by atoms with E-state index in [1.807, 2.05) is 0 Å². The van der Waals surface area contributed by atoms with E-state index in [9.17, 15) is 24.3 Å². The summed E-state index contributed by atoms with van der Waals surface area (Å²) in [4.78, 5) is 48.1. The molecule has 1 atom stereocenters. The van der Waals surface area contributed by atoms with Crippen LogP contribution in [0.15, 0.2) is 6.20 Å². The highest BCUT2D eigenvalue weighted by Gasteiger charge is 2.21. The van der Waals surface area contributed by atoms with Crippen LogP contribution < -0.4 is 16.0 Å². The number of nitrogens with one attached hydrogen (secondary N) is 3. The maximum Gasteiger partial charge on any atom is 0.407 e. The Kier molecular flexibility index (Phi) is 23.9. The topological polar surface area (TPSA) is 165 Å². The molecule has 0 saturated heterocycles. The summed E-state index contributed by atoms with van der Waals surface area (Å²) in [6, 6.07) is -1.10. The molecule has 0 spiro atoms. The molecule has 1 rings (SSSR count). The number of carbonyl (C=O) groups excluding carboxylic acids is 3. The molecule has 276 valence electrons. The minimum atomic E-state index is -1.14. The van der Waals surface area contributed by atoms with E-state index in [0.29, 0.717) is 43.6 Å². The smallest absolute Gasteiger partial charge is 0.407 e. The van der Waals surface area contributed by atoms with Crippen molar-refractivity contribution in [2.45, 2.75) is 169 Å². The molecule has 12 nitrogen and oxygen atoms in total. The van der Waals surface area contributed by atoms with Gasteiger partial charge in [-0.15, -0.1) is 5.10 Å². The maximum absolute atomic E-state index is 12.3. The van der Waals surface area contributed by atoms with Crippen LogP contribution in [0.3, 0.4) is 0 Å². The zero-order valence-electron chi connectivity index (χ0n) is 30.5. The predicted molar refractivity (Wildman–Crippen MR) is 189 cm³/mol. The largest absolute Gasteiger partial charge is 0.480 e.